The van der Waals surface area contributed by atoms with Crippen LogP contribution in [0.4, 0.5) is 23.8 Å². The number of nitrogens with zero attached hydrogens (tertiary/aromatic N) is 3. The second-order valence-corrected chi connectivity index (χ2v) is 15.9. The van der Waals surface area contributed by atoms with Gasteiger partial charge in [0.2, 0.25) is 5.62 Å². The number of aliphatic carboxylic acids is 1. The van der Waals surface area contributed by atoms with Crippen molar-refractivity contribution in [2.45, 2.75) is 81.6 Å². The molecule has 5 atom stereocenters. The molecule has 0 bridgehead atoms. The van der Waals surface area contributed by atoms with E-state index in [1.165, 1.54) is 7.11 Å². The molecule has 0 radical (unpaired) electrons. The third-order valence-electron chi connectivity index (χ3n) is 10.3. The number of ether oxygens (including phenoxy) is 5. The molecular weight excluding hydrogens is 899 g/mol. The van der Waals surface area contributed by atoms with Crippen molar-refractivity contribution in [1.29, 1.82) is 0 Å². The maximum absolute atomic E-state index is 13.0. The van der Waals surface area contributed by atoms with Gasteiger partial charge >= 0.3 is 24.2 Å². The Bertz CT molecular complexity index is 2320. The van der Waals surface area contributed by atoms with Crippen LogP contribution in [0, 0.1) is 0 Å². The lowest BCUT2D eigenvalue weighted by Crippen LogP contribution is -2.42. The molecule has 0 unspecified atom stereocenters. The number of carboxylic acid groups (broad SMARTS) is 1. The number of methoxy groups -OCH3 is 1. The van der Waals surface area contributed by atoms with Gasteiger partial charge in [0.1, 0.15) is 36.8 Å². The minimum absolute atomic E-state index is 0.113. The number of fused-ring (bicyclic) bond motifs is 4. The normalized spacial score (nSPS) is 20.3. The number of alkyl halides is 3. The minimum atomic E-state index is -5.08. The zero-order chi connectivity index (χ0) is 45.5. The first kappa shape index (κ1) is 46.8. The fourth-order valence-electron chi connectivity index (χ4n) is 7.44. The quantitative estimate of drug-likeness (QED) is 0.0887. The molecule has 2 fully saturated rings. The zero-order valence-electron chi connectivity index (χ0n) is 34.2. The molecule has 63 heavy (non-hydrogen) atoms. The Kier molecular flexibility index (Phi) is 15.0. The van der Waals surface area contributed by atoms with Gasteiger partial charge in [-0.3, -0.25) is 14.4 Å². The van der Waals surface area contributed by atoms with Crippen LogP contribution in [-0.2, 0) is 33.3 Å². The van der Waals surface area contributed by atoms with Gasteiger partial charge < -0.3 is 44.5 Å². The number of aliphatic hydroxyl groups is 1. The highest BCUT2D eigenvalue weighted by Gasteiger charge is 2.55. The number of aliphatic hydroxyl groups excluding tert-OH is 1. The molecule has 0 saturated carbocycles. The Morgan fingerprint density at radius 3 is 2.17 bits per heavy atom. The van der Waals surface area contributed by atoms with Crippen LogP contribution in [0.3, 0.4) is 0 Å². The summed E-state index contributed by atoms with van der Waals surface area (Å²) < 4.78 is 63.4. The number of hydrogen-bond donors (Lipinski definition) is 4. The number of carbonyl (C=O) groups excluding carboxylic acids is 3. The van der Waals surface area contributed by atoms with Gasteiger partial charge in [0.25, 0.3) is 5.91 Å². The van der Waals surface area contributed by atoms with Crippen LogP contribution in [-0.4, -0.2) is 107 Å². The van der Waals surface area contributed by atoms with E-state index in [9.17, 15) is 32.7 Å². The highest BCUT2D eigenvalue weighted by Crippen LogP contribution is 2.45. The van der Waals surface area contributed by atoms with Gasteiger partial charge in [-0.1, -0.05) is 64.5 Å². The summed E-state index contributed by atoms with van der Waals surface area (Å²) in [6.07, 6.45) is -5.25. The maximum Gasteiger partial charge on any atom is 0.490 e. The molecule has 1 aromatic heterocycles. The first-order valence-electron chi connectivity index (χ1n) is 19.8. The van der Waals surface area contributed by atoms with Crippen molar-refractivity contribution in [2.24, 2.45) is 4.99 Å². The highest BCUT2D eigenvalue weighted by molar-refractivity contribution is 9.10. The number of nitrogens with one attached hydrogen (secondary N) is 2. The van der Waals surface area contributed by atoms with Crippen LogP contribution in [0.2, 0.25) is 0 Å². The van der Waals surface area contributed by atoms with Gasteiger partial charge in [0.05, 0.1) is 13.7 Å². The summed E-state index contributed by atoms with van der Waals surface area (Å²) in [5.74, 6) is -4.44. The van der Waals surface area contributed by atoms with Gasteiger partial charge in [-0.05, 0) is 85.7 Å². The lowest BCUT2D eigenvalue weighted by atomic mass is 9.98. The van der Waals surface area contributed by atoms with Crippen molar-refractivity contribution < 1.29 is 66.2 Å². The molecule has 16 nitrogen and oxygen atoms in total. The van der Waals surface area contributed by atoms with Crippen molar-refractivity contribution in [2.75, 3.05) is 32.2 Å². The number of unbranched alkanes of at least 4 members (excludes halogenated alkanes) is 1. The number of hydrogen-bond acceptors (Lipinski definition) is 12. The van der Waals surface area contributed by atoms with E-state index in [2.05, 4.69) is 43.7 Å². The maximum atomic E-state index is 13.0. The van der Waals surface area contributed by atoms with E-state index in [0.717, 1.165) is 26.7 Å². The molecule has 3 heterocycles. The molecule has 2 amide bonds. The Morgan fingerprint density at radius 2 is 1.57 bits per heavy atom. The topological polar surface area (TPSA) is 209 Å². The van der Waals surface area contributed by atoms with Crippen molar-refractivity contribution >= 4 is 45.7 Å². The van der Waals surface area contributed by atoms with Crippen LogP contribution in [0.1, 0.15) is 66.7 Å². The molecule has 2 aliphatic heterocycles. The SMILES string of the molecule is COC(=O)[C@H](CCCCN=c1nc(NC(=O)c2ccc(Br)cc2)ccn1[C@@H]1O[C@H](CO)[C@H]2OC(C)(C)O[C@H]21)NC(=O)OCC1c2ccccc2-c2ccccc21.O=C(O)C(F)(F)F. The number of halogens is 4. The van der Waals surface area contributed by atoms with Crippen molar-refractivity contribution in [3.05, 3.63) is 112 Å². The predicted octanol–water partition coefficient (Wildman–Crippen LogP) is 6.09. The minimum Gasteiger partial charge on any atom is -0.475 e. The standard InChI is InChI=1S/C41H44BrN5O9.C2HF3O2/c1-41(2)55-34-32(22-48)54-37(35(34)56-41)47-21-19-33(45-36(49)24-15-17-25(42)18-16-24)46-39(47)43-20-9-8-14-31(38(50)52-3)44-40(51)53-23-30-28-12-6-4-10-26(28)27-11-5-7-13-29(27)30;3-2(4,5)1(6)7/h4-7,10-13,15-19,21,30-32,34-35,37,48H,8-9,14,20,22-23H2,1-3H3,(H,44,51)(H,43,45,46,49);(H,6,7)/t31-,32+,34+,35+,37+;/m0./s1. The second-order valence-electron chi connectivity index (χ2n) is 15.0. The fraction of sp³-hybridized carbons (Fsp3) is 0.395. The first-order chi connectivity index (χ1) is 30.0. The zero-order valence-corrected chi connectivity index (χ0v) is 35.8. The fourth-order valence-corrected chi connectivity index (χ4v) is 7.70. The van der Waals surface area contributed by atoms with Gasteiger partial charge in [-0.25, -0.2) is 14.4 Å². The number of carboxylic acids is 1. The van der Waals surface area contributed by atoms with Gasteiger partial charge in [0, 0.05) is 28.7 Å². The monoisotopic (exact) mass is 943 g/mol. The predicted molar refractivity (Wildman–Crippen MR) is 221 cm³/mol. The largest absolute Gasteiger partial charge is 0.490 e. The molecule has 20 heteroatoms. The summed E-state index contributed by atoms with van der Waals surface area (Å²) in [5.41, 5.74) is 5.10. The molecular formula is C43H45BrF3N5O11. The molecule has 3 aromatic carbocycles. The summed E-state index contributed by atoms with van der Waals surface area (Å²) in [4.78, 5) is 57.1. The summed E-state index contributed by atoms with van der Waals surface area (Å²) in [7, 11) is 1.27. The third kappa shape index (κ3) is 11.5. The van der Waals surface area contributed by atoms with E-state index in [1.807, 2.05) is 36.4 Å². The van der Waals surface area contributed by atoms with Crippen molar-refractivity contribution in [3.63, 3.8) is 0 Å². The van der Waals surface area contributed by atoms with Crippen LogP contribution in [0.5, 0.6) is 0 Å². The van der Waals surface area contributed by atoms with E-state index >= 15 is 0 Å². The van der Waals surface area contributed by atoms with Gasteiger partial charge in [-0.2, -0.15) is 18.2 Å². The van der Waals surface area contributed by atoms with E-state index in [4.69, 9.17) is 38.6 Å². The molecule has 3 aliphatic rings. The second kappa shape index (κ2) is 20.2. The number of rotatable bonds is 13. The number of alkyl carbamates (subject to hydrolysis) is 1. The number of anilines is 1. The van der Waals surface area contributed by atoms with E-state index < -0.39 is 60.6 Å². The Labute approximate surface area is 367 Å². The van der Waals surface area contributed by atoms with Gasteiger partial charge in [-0.15, -0.1) is 0 Å². The number of carbonyl (C=O) groups is 4. The Balaban J connectivity index is 0.000000871. The summed E-state index contributed by atoms with van der Waals surface area (Å²) in [6, 6.07) is 23.8. The van der Waals surface area contributed by atoms with Crippen LogP contribution in [0.15, 0.2) is 94.5 Å². The molecule has 7 rings (SSSR count). The lowest BCUT2D eigenvalue weighted by Gasteiger charge is -2.25. The van der Waals surface area contributed by atoms with Crippen LogP contribution < -0.4 is 16.3 Å². The Hall–Kier alpha value is -5.67. The number of amides is 2. The highest BCUT2D eigenvalue weighted by atomic mass is 79.9. The smallest absolute Gasteiger partial charge is 0.475 e. The molecule has 4 aromatic rings. The average molecular weight is 945 g/mol. The molecule has 336 valence electrons. The lowest BCUT2D eigenvalue weighted by molar-refractivity contribution is -0.200. The Morgan fingerprint density at radius 1 is 0.952 bits per heavy atom. The molecule has 0 spiro atoms. The molecule has 2 saturated heterocycles. The summed E-state index contributed by atoms with van der Waals surface area (Å²) in [5, 5.41) is 22.7. The van der Waals surface area contributed by atoms with Crippen LogP contribution in [0.25, 0.3) is 11.1 Å². The number of esters is 1. The van der Waals surface area contributed by atoms with Crippen LogP contribution >= 0.6 is 15.9 Å². The number of aromatic nitrogens is 2. The molecule has 1 aliphatic carbocycles. The van der Waals surface area contributed by atoms with Crippen molar-refractivity contribution in [1.82, 2.24) is 14.9 Å². The van der Waals surface area contributed by atoms with E-state index in [-0.39, 0.29) is 49.4 Å². The summed E-state index contributed by atoms with van der Waals surface area (Å²) in [6.45, 7) is 3.72. The van der Waals surface area contributed by atoms with Crippen molar-refractivity contribution in [3.8, 4) is 11.1 Å². The third-order valence-corrected chi connectivity index (χ3v) is 10.8. The summed E-state index contributed by atoms with van der Waals surface area (Å²) >= 11 is 3.38. The van der Waals surface area contributed by atoms with Gasteiger partial charge in [0.15, 0.2) is 12.0 Å². The number of benzene rings is 3. The average Bonchev–Trinajstić information content (AvgIpc) is 3.87. The first-order valence-corrected chi connectivity index (χ1v) is 20.6. The van der Waals surface area contributed by atoms with E-state index in [1.54, 1.807) is 54.9 Å². The molecule has 4 N–H and O–H groups in total. The van der Waals surface area contributed by atoms with E-state index in [0.29, 0.717) is 18.4 Å².